The summed E-state index contributed by atoms with van der Waals surface area (Å²) in [6.45, 7) is 0.297. The summed E-state index contributed by atoms with van der Waals surface area (Å²) in [6, 6.07) is 5.35. The molecule has 0 aliphatic carbocycles. The third-order valence-electron chi connectivity index (χ3n) is 4.03. The molecule has 0 unspecified atom stereocenters. The minimum atomic E-state index is -4.74. The lowest BCUT2D eigenvalue weighted by molar-refractivity contribution is -0.206. The highest BCUT2D eigenvalue weighted by Gasteiger charge is 2.42. The van der Waals surface area contributed by atoms with E-state index >= 15 is 0 Å². The van der Waals surface area contributed by atoms with E-state index in [4.69, 9.17) is 20.1 Å². The van der Waals surface area contributed by atoms with Gasteiger partial charge < -0.3 is 24.8 Å². The molecule has 33 heavy (non-hydrogen) atoms. The van der Waals surface area contributed by atoms with Crippen molar-refractivity contribution in [3.05, 3.63) is 59.2 Å². The van der Waals surface area contributed by atoms with Crippen LogP contribution < -0.4 is 0 Å². The predicted molar refractivity (Wildman–Crippen MR) is 104 cm³/mol. The number of carboxylic acid groups (broad SMARTS) is 1. The highest BCUT2D eigenvalue weighted by atomic mass is 19.4. The summed E-state index contributed by atoms with van der Waals surface area (Å²) in [7, 11) is 1.43. The number of benzene rings is 2. The molecule has 0 aliphatic rings. The van der Waals surface area contributed by atoms with Gasteiger partial charge in [-0.25, -0.2) is 18.4 Å². The molecule has 0 aliphatic heterocycles. The fourth-order valence-electron chi connectivity index (χ4n) is 2.41. The van der Waals surface area contributed by atoms with Crippen molar-refractivity contribution in [1.29, 1.82) is 0 Å². The fraction of sp³-hybridized carbons (Fsp3) is 0.333. The minimum absolute atomic E-state index is 0.142. The Morgan fingerprint density at radius 1 is 0.939 bits per heavy atom. The second-order valence-electron chi connectivity index (χ2n) is 6.56. The van der Waals surface area contributed by atoms with Gasteiger partial charge in [-0.15, -0.1) is 0 Å². The third kappa shape index (κ3) is 9.31. The normalized spacial score (nSPS) is 11.8. The zero-order valence-corrected chi connectivity index (χ0v) is 17.2. The van der Waals surface area contributed by atoms with E-state index in [1.165, 1.54) is 7.11 Å². The lowest BCUT2D eigenvalue weighted by Gasteiger charge is -2.20. The van der Waals surface area contributed by atoms with E-state index in [9.17, 15) is 31.5 Å². The lowest BCUT2D eigenvalue weighted by atomic mass is 10.1. The van der Waals surface area contributed by atoms with E-state index in [0.717, 1.165) is 30.3 Å². The minimum Gasteiger partial charge on any atom is -0.508 e. The van der Waals surface area contributed by atoms with Gasteiger partial charge in [0.05, 0.1) is 11.1 Å². The summed E-state index contributed by atoms with van der Waals surface area (Å²) >= 11 is 0. The second-order valence-corrected chi connectivity index (χ2v) is 6.56. The van der Waals surface area contributed by atoms with Gasteiger partial charge in [-0.05, 0) is 43.5 Å². The zero-order valence-electron chi connectivity index (χ0n) is 17.2. The summed E-state index contributed by atoms with van der Waals surface area (Å²) in [5.41, 5.74) is -1.10. The predicted octanol–water partition coefficient (Wildman–Crippen LogP) is 4.67. The number of carboxylic acids is 1. The van der Waals surface area contributed by atoms with Crippen molar-refractivity contribution < 1.29 is 56.3 Å². The Balaban J connectivity index is 0.000000412. The van der Waals surface area contributed by atoms with Crippen LogP contribution in [0, 0.1) is 11.6 Å². The highest BCUT2D eigenvalue weighted by Crippen LogP contribution is 2.28. The number of unbranched alkanes of at least 4 members (excludes halogenated alkanes) is 1. The van der Waals surface area contributed by atoms with Crippen LogP contribution in [0.4, 0.5) is 22.0 Å². The van der Waals surface area contributed by atoms with Crippen molar-refractivity contribution >= 4 is 11.9 Å². The molecule has 182 valence electrons. The van der Waals surface area contributed by atoms with Crippen LogP contribution in [0.1, 0.15) is 40.0 Å². The molecule has 0 saturated carbocycles. The average Bonchev–Trinajstić information content (AvgIpc) is 2.69. The van der Waals surface area contributed by atoms with Gasteiger partial charge in [0.25, 0.3) is 0 Å². The maximum absolute atomic E-state index is 13.4. The first-order chi connectivity index (χ1) is 15.4. The number of halogens is 5. The number of carbonyl (C=O) groups excluding carboxylic acids is 1. The average molecular weight is 480 g/mol. The zero-order chi connectivity index (χ0) is 25.2. The first-order valence-electron chi connectivity index (χ1n) is 9.33. The Bertz CT molecular complexity index is 947. The maximum Gasteiger partial charge on any atom is 0.425 e. The van der Waals surface area contributed by atoms with E-state index in [0.29, 0.717) is 19.1 Å². The largest absolute Gasteiger partial charge is 0.508 e. The van der Waals surface area contributed by atoms with E-state index in [1.54, 1.807) is 0 Å². The summed E-state index contributed by atoms with van der Waals surface area (Å²) < 4.78 is 73.6. The van der Waals surface area contributed by atoms with Crippen molar-refractivity contribution in [3.63, 3.8) is 0 Å². The van der Waals surface area contributed by atoms with Gasteiger partial charge in [0.15, 0.2) is 6.10 Å². The number of carbonyl (C=O) groups is 2. The molecule has 0 heterocycles. The number of hydrogen-bond acceptors (Lipinski definition) is 6. The Morgan fingerprint density at radius 2 is 1.45 bits per heavy atom. The molecule has 0 spiro atoms. The molecule has 0 aromatic heterocycles. The van der Waals surface area contributed by atoms with E-state index in [2.05, 4.69) is 4.74 Å². The summed E-state index contributed by atoms with van der Waals surface area (Å²) in [5, 5.41) is 26.0. The van der Waals surface area contributed by atoms with E-state index in [1.807, 2.05) is 0 Å². The number of methoxy groups -OCH3 is 1. The molecular formula is C21H21F5O7. The highest BCUT2D eigenvalue weighted by molar-refractivity contribution is 5.90. The molecule has 0 amide bonds. The number of esters is 1. The molecular weight excluding hydrogens is 459 g/mol. The Labute approximate surface area is 185 Å². The van der Waals surface area contributed by atoms with Gasteiger partial charge in [0.2, 0.25) is 0 Å². The van der Waals surface area contributed by atoms with Crippen LogP contribution in [0.2, 0.25) is 0 Å². The van der Waals surface area contributed by atoms with Gasteiger partial charge in [-0.3, -0.25) is 0 Å². The monoisotopic (exact) mass is 480 g/mol. The molecule has 7 nitrogen and oxygen atoms in total. The van der Waals surface area contributed by atoms with Gasteiger partial charge >= 0.3 is 18.1 Å². The summed E-state index contributed by atoms with van der Waals surface area (Å²) in [4.78, 5) is 21.9. The molecule has 2 aromatic carbocycles. The molecule has 0 radical (unpaired) electrons. The molecule has 0 bridgehead atoms. The smallest absolute Gasteiger partial charge is 0.425 e. The number of aromatic carboxylic acids is 1. The van der Waals surface area contributed by atoms with Gasteiger partial charge in [0, 0.05) is 25.8 Å². The topological polar surface area (TPSA) is 113 Å². The SMILES string of the molecule is COCCCC[C@@H](OC(=O)c1ccc(O)cc1F)C(F)(F)F.O=C(O)c1ccc(O)cc1F. The standard InChI is InChI=1S/C14H16F4O4.C7H5FO3/c1-21-7-3-2-4-12(14(16,17)18)22-13(20)10-6-5-9(19)8-11(10)15;8-6-3-4(9)1-2-5(6)7(10)11/h5-6,8,12,19H,2-4,7H2,1H3;1-3,9H,(H,10,11)/t12-;/m1./s1. The number of alkyl halides is 3. The molecule has 0 fully saturated rings. The third-order valence-corrected chi connectivity index (χ3v) is 4.03. The molecule has 1 atom stereocenters. The van der Waals surface area contributed by atoms with Crippen LogP contribution in [-0.2, 0) is 9.47 Å². The van der Waals surface area contributed by atoms with Crippen molar-refractivity contribution in [2.75, 3.05) is 13.7 Å². The van der Waals surface area contributed by atoms with Crippen LogP contribution >= 0.6 is 0 Å². The van der Waals surface area contributed by atoms with Crippen LogP contribution in [0.5, 0.6) is 11.5 Å². The van der Waals surface area contributed by atoms with E-state index in [-0.39, 0.29) is 12.2 Å². The van der Waals surface area contributed by atoms with Crippen LogP contribution in [0.3, 0.4) is 0 Å². The number of phenolic OH excluding ortho intramolecular Hbond substituents is 2. The van der Waals surface area contributed by atoms with Gasteiger partial charge in [0.1, 0.15) is 23.1 Å². The van der Waals surface area contributed by atoms with Crippen LogP contribution in [0.15, 0.2) is 36.4 Å². The van der Waals surface area contributed by atoms with Crippen molar-refractivity contribution in [3.8, 4) is 11.5 Å². The number of rotatable bonds is 8. The van der Waals surface area contributed by atoms with Crippen LogP contribution in [0.25, 0.3) is 0 Å². The fourth-order valence-corrected chi connectivity index (χ4v) is 2.41. The van der Waals surface area contributed by atoms with Gasteiger partial charge in [-0.1, -0.05) is 0 Å². The lowest BCUT2D eigenvalue weighted by Crippen LogP contribution is -2.34. The number of phenols is 2. The Kier molecular flexibility index (Phi) is 10.5. The second kappa shape index (κ2) is 12.6. The Hall–Kier alpha value is -3.41. The summed E-state index contributed by atoms with van der Waals surface area (Å²) in [5.74, 6) is -5.58. The molecule has 3 N–H and O–H groups in total. The maximum atomic E-state index is 13.4. The first kappa shape index (κ1) is 27.6. The molecule has 2 rings (SSSR count). The molecule has 0 saturated heterocycles. The Morgan fingerprint density at radius 3 is 1.88 bits per heavy atom. The number of ether oxygens (including phenoxy) is 2. The number of hydrogen-bond donors (Lipinski definition) is 3. The quantitative estimate of drug-likeness (QED) is 0.286. The van der Waals surface area contributed by atoms with Crippen molar-refractivity contribution in [1.82, 2.24) is 0 Å². The molecule has 2 aromatic rings. The van der Waals surface area contributed by atoms with Crippen LogP contribution in [-0.4, -0.2) is 53.3 Å². The van der Waals surface area contributed by atoms with Gasteiger partial charge in [-0.2, -0.15) is 13.2 Å². The van der Waals surface area contributed by atoms with E-state index < -0.39 is 59.2 Å². The van der Waals surface area contributed by atoms with Crippen molar-refractivity contribution in [2.45, 2.75) is 31.5 Å². The summed E-state index contributed by atoms with van der Waals surface area (Å²) in [6.07, 6.45) is -6.96. The number of aromatic hydroxyl groups is 2. The first-order valence-corrected chi connectivity index (χ1v) is 9.33. The van der Waals surface area contributed by atoms with Crippen molar-refractivity contribution in [2.24, 2.45) is 0 Å². The molecule has 12 heteroatoms.